The van der Waals surface area contributed by atoms with Gasteiger partial charge in [-0.25, -0.2) is 8.42 Å². The Morgan fingerprint density at radius 1 is 1.38 bits per heavy atom. The van der Waals surface area contributed by atoms with Crippen molar-refractivity contribution in [1.82, 2.24) is 9.21 Å². The number of sulfonamides is 1. The van der Waals surface area contributed by atoms with Crippen LogP contribution in [-0.2, 0) is 10.0 Å². The normalized spacial score (nSPS) is 21.2. The van der Waals surface area contributed by atoms with Crippen LogP contribution >= 0.6 is 0 Å². The zero-order valence-electron chi connectivity index (χ0n) is 9.33. The number of hydrogen-bond donors (Lipinski definition) is 2. The van der Waals surface area contributed by atoms with Gasteiger partial charge in [-0.3, -0.25) is 0 Å². The molecule has 0 aromatic rings. The molecule has 1 fully saturated rings. The van der Waals surface area contributed by atoms with Crippen LogP contribution in [0.25, 0.3) is 0 Å². The summed E-state index contributed by atoms with van der Waals surface area (Å²) in [5.74, 6) is 0.200. The van der Waals surface area contributed by atoms with Crippen LogP contribution in [0, 0.1) is 0 Å². The van der Waals surface area contributed by atoms with Crippen LogP contribution in [0.2, 0.25) is 0 Å². The minimum Gasteiger partial charge on any atom is -0.409 e. The second kappa shape index (κ2) is 5.46. The van der Waals surface area contributed by atoms with Crippen molar-refractivity contribution in [3.05, 3.63) is 0 Å². The first-order chi connectivity index (χ1) is 7.43. The van der Waals surface area contributed by atoms with Crippen LogP contribution in [0.3, 0.4) is 0 Å². The number of hydrogen-bond acceptors (Lipinski definition) is 5. The highest BCUT2D eigenvalue weighted by Gasteiger charge is 2.22. The van der Waals surface area contributed by atoms with Gasteiger partial charge in [0.15, 0.2) is 0 Å². The summed E-state index contributed by atoms with van der Waals surface area (Å²) in [6.07, 6.45) is 1.72. The third-order valence-corrected chi connectivity index (χ3v) is 3.92. The second-order valence-corrected chi connectivity index (χ2v) is 5.83. The molecule has 3 N–H and O–H groups in total. The van der Waals surface area contributed by atoms with Crippen molar-refractivity contribution >= 4 is 15.9 Å². The summed E-state index contributed by atoms with van der Waals surface area (Å²) < 4.78 is 23.9. The van der Waals surface area contributed by atoms with Gasteiger partial charge in [0, 0.05) is 39.1 Å². The van der Waals surface area contributed by atoms with E-state index in [0.717, 1.165) is 0 Å². The van der Waals surface area contributed by atoms with Crippen LogP contribution in [-0.4, -0.2) is 67.6 Å². The van der Waals surface area contributed by atoms with E-state index >= 15 is 0 Å². The molecular formula is C8H18N4O3S. The van der Waals surface area contributed by atoms with Crippen molar-refractivity contribution in [1.29, 1.82) is 0 Å². The zero-order valence-corrected chi connectivity index (χ0v) is 10.2. The van der Waals surface area contributed by atoms with Crippen molar-refractivity contribution < 1.29 is 13.6 Å². The fourth-order valence-electron chi connectivity index (χ4n) is 1.61. The van der Waals surface area contributed by atoms with Crippen molar-refractivity contribution in [2.75, 3.05) is 39.0 Å². The third kappa shape index (κ3) is 3.95. The van der Waals surface area contributed by atoms with Crippen LogP contribution < -0.4 is 5.73 Å². The van der Waals surface area contributed by atoms with Gasteiger partial charge in [0.25, 0.3) is 0 Å². The Morgan fingerprint density at radius 3 is 2.38 bits per heavy atom. The molecule has 1 aliphatic rings. The van der Waals surface area contributed by atoms with Gasteiger partial charge in [-0.1, -0.05) is 5.16 Å². The molecule has 94 valence electrons. The van der Waals surface area contributed by atoms with Gasteiger partial charge < -0.3 is 15.8 Å². The van der Waals surface area contributed by atoms with E-state index in [1.807, 2.05) is 0 Å². The lowest BCUT2D eigenvalue weighted by Crippen LogP contribution is -2.48. The number of oxime groups is 1. The maximum atomic E-state index is 11.2. The van der Waals surface area contributed by atoms with E-state index in [2.05, 4.69) is 10.1 Å². The van der Waals surface area contributed by atoms with Gasteiger partial charge >= 0.3 is 0 Å². The Labute approximate surface area is 95.6 Å². The van der Waals surface area contributed by atoms with Crippen LogP contribution in [0.4, 0.5) is 0 Å². The Balaban J connectivity index is 2.33. The topological polar surface area (TPSA) is 99.2 Å². The fraction of sp³-hybridized carbons (Fsp3) is 0.875. The van der Waals surface area contributed by atoms with E-state index < -0.39 is 10.0 Å². The molecule has 0 aromatic heterocycles. The van der Waals surface area contributed by atoms with Gasteiger partial charge in [-0.15, -0.1) is 0 Å². The first kappa shape index (κ1) is 13.2. The molecule has 0 aromatic carbocycles. The summed E-state index contributed by atoms with van der Waals surface area (Å²) in [6, 6.07) is 0. The molecule has 0 bridgehead atoms. The summed E-state index contributed by atoms with van der Waals surface area (Å²) in [6.45, 7) is 3.08. The highest BCUT2D eigenvalue weighted by atomic mass is 32.2. The maximum Gasteiger partial charge on any atom is 0.211 e. The molecule has 0 amide bonds. The van der Waals surface area contributed by atoms with Crippen LogP contribution in [0.1, 0.15) is 6.42 Å². The largest absolute Gasteiger partial charge is 0.409 e. The number of piperazine rings is 1. The Bertz CT molecular complexity index is 346. The first-order valence-electron chi connectivity index (χ1n) is 5.07. The molecule has 16 heavy (non-hydrogen) atoms. The number of nitrogens with zero attached hydrogens (tertiary/aromatic N) is 3. The lowest BCUT2D eigenvalue weighted by molar-refractivity contribution is 0.192. The highest BCUT2D eigenvalue weighted by molar-refractivity contribution is 7.88. The predicted octanol–water partition coefficient (Wildman–Crippen LogP) is -1.30. The molecule has 0 saturated carbocycles. The van der Waals surface area contributed by atoms with Crippen molar-refractivity contribution in [3.8, 4) is 0 Å². The number of nitrogens with two attached hydrogens (primary N) is 1. The van der Waals surface area contributed by atoms with Crippen molar-refractivity contribution in [3.63, 3.8) is 0 Å². The van der Waals surface area contributed by atoms with E-state index in [0.29, 0.717) is 39.1 Å². The van der Waals surface area contributed by atoms with Gasteiger partial charge in [-0.2, -0.15) is 4.31 Å². The van der Waals surface area contributed by atoms with Gasteiger partial charge in [-0.05, 0) is 0 Å². The molecule has 1 rings (SSSR count). The quantitative estimate of drug-likeness (QED) is 0.280. The van der Waals surface area contributed by atoms with E-state index in [1.54, 1.807) is 0 Å². The Hall–Kier alpha value is -0.860. The smallest absolute Gasteiger partial charge is 0.211 e. The summed E-state index contributed by atoms with van der Waals surface area (Å²) in [4.78, 5) is 2.10. The monoisotopic (exact) mass is 250 g/mol. The predicted molar refractivity (Wildman–Crippen MR) is 60.9 cm³/mol. The maximum absolute atomic E-state index is 11.2. The second-order valence-electron chi connectivity index (χ2n) is 3.85. The summed E-state index contributed by atoms with van der Waals surface area (Å²) >= 11 is 0. The Kier molecular flexibility index (Phi) is 4.51. The van der Waals surface area contributed by atoms with Crippen LogP contribution in [0.5, 0.6) is 0 Å². The molecular weight excluding hydrogens is 232 g/mol. The van der Waals surface area contributed by atoms with E-state index in [1.165, 1.54) is 10.6 Å². The molecule has 0 aliphatic carbocycles. The van der Waals surface area contributed by atoms with Crippen LogP contribution in [0.15, 0.2) is 5.16 Å². The van der Waals surface area contributed by atoms with E-state index in [-0.39, 0.29) is 5.84 Å². The molecule has 0 radical (unpaired) electrons. The van der Waals surface area contributed by atoms with Crippen molar-refractivity contribution in [2.45, 2.75) is 6.42 Å². The third-order valence-electron chi connectivity index (χ3n) is 2.61. The highest BCUT2D eigenvalue weighted by Crippen LogP contribution is 2.06. The molecule has 1 heterocycles. The number of amidine groups is 1. The zero-order chi connectivity index (χ0) is 12.2. The lowest BCUT2D eigenvalue weighted by Gasteiger charge is -2.32. The van der Waals surface area contributed by atoms with E-state index in [9.17, 15) is 8.42 Å². The fourth-order valence-corrected chi connectivity index (χ4v) is 2.43. The minimum absolute atomic E-state index is 0.200. The molecule has 0 unspecified atom stereocenters. The summed E-state index contributed by atoms with van der Waals surface area (Å²) in [5, 5.41) is 11.3. The van der Waals surface area contributed by atoms with Gasteiger partial charge in [0.2, 0.25) is 10.0 Å². The Morgan fingerprint density at radius 2 is 1.94 bits per heavy atom. The molecule has 1 saturated heterocycles. The number of rotatable bonds is 4. The summed E-state index contributed by atoms with van der Waals surface area (Å²) in [5.41, 5.74) is 5.35. The molecule has 0 spiro atoms. The molecule has 1 aliphatic heterocycles. The summed E-state index contributed by atoms with van der Waals surface area (Å²) in [7, 11) is -3.07. The first-order valence-corrected chi connectivity index (χ1v) is 6.92. The molecule has 0 atom stereocenters. The lowest BCUT2D eigenvalue weighted by atomic mass is 10.3. The minimum atomic E-state index is -3.07. The average molecular weight is 250 g/mol. The van der Waals surface area contributed by atoms with Gasteiger partial charge in [0.1, 0.15) is 5.84 Å². The SMILES string of the molecule is CS(=O)(=O)N1CCN(CCC(N)=NO)CC1. The van der Waals surface area contributed by atoms with Gasteiger partial charge in [0.05, 0.1) is 6.26 Å². The molecule has 8 heteroatoms. The van der Waals surface area contributed by atoms with E-state index in [4.69, 9.17) is 10.9 Å². The standard InChI is InChI=1S/C8H18N4O3S/c1-16(14,15)12-6-4-11(5-7-12)3-2-8(9)10-13/h13H,2-7H2,1H3,(H2,9,10). The average Bonchev–Trinajstić information content (AvgIpc) is 2.25. The van der Waals surface area contributed by atoms with Crippen molar-refractivity contribution in [2.24, 2.45) is 10.9 Å². The molecule has 7 nitrogen and oxygen atoms in total.